The normalized spacial score (nSPS) is 19.7. The molecule has 1 saturated heterocycles. The Kier molecular flexibility index (Phi) is 5.46. The summed E-state index contributed by atoms with van der Waals surface area (Å²) in [4.78, 5) is 34.2. The van der Waals surface area contributed by atoms with Gasteiger partial charge in [-0.05, 0) is 30.5 Å². The molecule has 10 heteroatoms. The first kappa shape index (κ1) is 20.7. The van der Waals surface area contributed by atoms with Crippen LogP contribution in [0.15, 0.2) is 29.1 Å². The zero-order valence-electron chi connectivity index (χ0n) is 16.6. The second-order valence-corrected chi connectivity index (χ2v) is 9.83. The highest BCUT2D eigenvalue weighted by Gasteiger charge is 2.31. The number of nitrogens with one attached hydrogen (secondary N) is 1. The lowest BCUT2D eigenvalue weighted by Crippen LogP contribution is -2.39. The predicted molar refractivity (Wildman–Crippen MR) is 108 cm³/mol. The Morgan fingerprint density at radius 1 is 1.27 bits per heavy atom. The predicted octanol–water partition coefficient (Wildman–Crippen LogP) is 0.785. The maximum Gasteiger partial charge on any atom is 0.254 e. The fraction of sp³-hybridized carbons (Fsp3) is 0.450. The molecule has 8 nitrogen and oxygen atoms in total. The number of rotatable bonds is 4. The zero-order chi connectivity index (χ0) is 21.5. The van der Waals surface area contributed by atoms with Gasteiger partial charge in [0.05, 0.1) is 24.9 Å². The molecule has 0 aliphatic carbocycles. The highest BCUT2D eigenvalue weighted by atomic mass is 32.2. The third-order valence-electron chi connectivity index (χ3n) is 5.72. The number of halogens is 1. The Hall–Kier alpha value is -2.59. The summed E-state index contributed by atoms with van der Waals surface area (Å²) in [5.41, 5.74) is 1.52. The van der Waals surface area contributed by atoms with Crippen LogP contribution in [0.5, 0.6) is 0 Å². The largest absolute Gasteiger partial charge is 0.342 e. The van der Waals surface area contributed by atoms with Crippen molar-refractivity contribution in [3.8, 4) is 0 Å². The molecule has 160 valence electrons. The minimum atomic E-state index is -3.36. The number of sulfonamides is 1. The first-order valence-electron chi connectivity index (χ1n) is 9.80. The number of carbonyl (C=O) groups is 1. The second-order valence-electron chi connectivity index (χ2n) is 7.85. The summed E-state index contributed by atoms with van der Waals surface area (Å²) in [6, 6.07) is 5.85. The van der Waals surface area contributed by atoms with E-state index in [9.17, 15) is 22.4 Å². The van der Waals surface area contributed by atoms with Crippen molar-refractivity contribution in [2.75, 3.05) is 25.9 Å². The Morgan fingerprint density at radius 3 is 2.70 bits per heavy atom. The molecule has 2 aromatic rings. The summed E-state index contributed by atoms with van der Waals surface area (Å²) in [6.07, 6.45) is 2.32. The average Bonchev–Trinajstić information content (AvgIpc) is 3.19. The number of aromatic nitrogens is 2. The fourth-order valence-electron chi connectivity index (χ4n) is 4.01. The lowest BCUT2D eigenvalue weighted by molar-refractivity contribution is -0.129. The van der Waals surface area contributed by atoms with Gasteiger partial charge >= 0.3 is 0 Å². The summed E-state index contributed by atoms with van der Waals surface area (Å²) < 4.78 is 38.1. The van der Waals surface area contributed by atoms with Crippen molar-refractivity contribution in [3.05, 3.63) is 63.1 Å². The van der Waals surface area contributed by atoms with E-state index in [0.29, 0.717) is 43.0 Å². The molecule has 0 radical (unpaired) electrons. The molecule has 3 heterocycles. The van der Waals surface area contributed by atoms with Gasteiger partial charge in [-0.3, -0.25) is 9.59 Å². The van der Waals surface area contributed by atoms with Crippen molar-refractivity contribution in [2.45, 2.75) is 31.7 Å². The van der Waals surface area contributed by atoms with Crippen LogP contribution in [0.3, 0.4) is 0 Å². The quantitative estimate of drug-likeness (QED) is 0.766. The molecule has 1 atom stereocenters. The number of benzene rings is 1. The van der Waals surface area contributed by atoms with Crippen LogP contribution in [0.2, 0.25) is 0 Å². The molecule has 0 spiro atoms. The topological polar surface area (TPSA) is 103 Å². The number of fused-ring (bicyclic) bond motifs is 1. The van der Waals surface area contributed by atoms with Crippen LogP contribution in [-0.2, 0) is 34.2 Å². The van der Waals surface area contributed by atoms with E-state index in [1.807, 2.05) is 0 Å². The van der Waals surface area contributed by atoms with Crippen molar-refractivity contribution in [3.63, 3.8) is 0 Å². The molecule has 1 aromatic carbocycles. The van der Waals surface area contributed by atoms with Crippen LogP contribution in [0, 0.1) is 5.82 Å². The summed E-state index contributed by atoms with van der Waals surface area (Å²) in [6.45, 7) is 1.33. The minimum absolute atomic E-state index is 0.0623. The molecule has 0 unspecified atom stereocenters. The number of likely N-dealkylation sites (tertiary alicyclic amines) is 1. The van der Waals surface area contributed by atoms with Gasteiger partial charge in [-0.2, -0.15) is 4.31 Å². The van der Waals surface area contributed by atoms with E-state index in [-0.39, 0.29) is 42.7 Å². The van der Waals surface area contributed by atoms with Crippen molar-refractivity contribution in [1.29, 1.82) is 0 Å². The fourth-order valence-corrected chi connectivity index (χ4v) is 4.79. The molecule has 1 amide bonds. The zero-order valence-corrected chi connectivity index (χ0v) is 17.4. The molecule has 1 aromatic heterocycles. The smallest absolute Gasteiger partial charge is 0.254 e. The van der Waals surface area contributed by atoms with E-state index in [1.54, 1.807) is 17.0 Å². The van der Waals surface area contributed by atoms with Gasteiger partial charge in [0.25, 0.3) is 5.56 Å². The minimum Gasteiger partial charge on any atom is -0.342 e. The van der Waals surface area contributed by atoms with Gasteiger partial charge in [0.15, 0.2) is 0 Å². The molecule has 2 aliphatic rings. The SMILES string of the molecule is CS(=O)(=O)N1CCc2c(nc([C@@H]3CCN(C(=O)Cc4ccc(F)cc4)C3)[nH]c2=O)C1. The first-order chi connectivity index (χ1) is 14.2. The molecular formula is C20H23FN4O4S. The third-order valence-corrected chi connectivity index (χ3v) is 6.97. The number of aromatic amines is 1. The number of hydrogen-bond donors (Lipinski definition) is 1. The maximum atomic E-state index is 13.0. The lowest BCUT2D eigenvalue weighted by Gasteiger charge is -2.26. The number of nitrogens with zero attached hydrogens (tertiary/aromatic N) is 3. The van der Waals surface area contributed by atoms with Gasteiger partial charge in [0.2, 0.25) is 15.9 Å². The monoisotopic (exact) mass is 434 g/mol. The standard InChI is InChI=1S/C20H23FN4O4S/c1-30(28,29)25-9-7-16-17(12-25)22-19(23-20(16)27)14-6-8-24(11-14)18(26)10-13-2-4-15(21)5-3-13/h2-5,14H,6-12H2,1H3,(H,22,23,27)/t14-/m1/s1. The van der Waals surface area contributed by atoms with Gasteiger partial charge in [-0.1, -0.05) is 12.1 Å². The summed E-state index contributed by atoms with van der Waals surface area (Å²) in [5.74, 6) is -0.0306. The van der Waals surface area contributed by atoms with Crippen LogP contribution in [0.1, 0.15) is 35.0 Å². The Bertz CT molecular complexity index is 1130. The van der Waals surface area contributed by atoms with E-state index in [0.717, 1.165) is 11.8 Å². The van der Waals surface area contributed by atoms with Gasteiger partial charge in [0, 0.05) is 31.1 Å². The molecule has 2 aliphatic heterocycles. The summed E-state index contributed by atoms with van der Waals surface area (Å²) in [7, 11) is -3.36. The molecule has 1 fully saturated rings. The summed E-state index contributed by atoms with van der Waals surface area (Å²) in [5, 5.41) is 0. The Morgan fingerprint density at radius 2 is 2.00 bits per heavy atom. The van der Waals surface area contributed by atoms with Crippen molar-refractivity contribution < 1.29 is 17.6 Å². The van der Waals surface area contributed by atoms with Gasteiger partial charge < -0.3 is 9.88 Å². The molecule has 0 bridgehead atoms. The number of hydrogen-bond acceptors (Lipinski definition) is 5. The lowest BCUT2D eigenvalue weighted by atomic mass is 10.1. The van der Waals surface area contributed by atoms with E-state index in [1.165, 1.54) is 16.4 Å². The summed E-state index contributed by atoms with van der Waals surface area (Å²) >= 11 is 0. The van der Waals surface area contributed by atoms with Crippen LogP contribution in [0.4, 0.5) is 4.39 Å². The number of carbonyl (C=O) groups excluding carboxylic acids is 1. The van der Waals surface area contributed by atoms with Crippen LogP contribution < -0.4 is 5.56 Å². The number of H-pyrrole nitrogens is 1. The first-order valence-corrected chi connectivity index (χ1v) is 11.6. The van der Waals surface area contributed by atoms with Gasteiger partial charge in [0.1, 0.15) is 11.6 Å². The highest BCUT2D eigenvalue weighted by Crippen LogP contribution is 2.26. The third kappa shape index (κ3) is 4.29. The van der Waals surface area contributed by atoms with Crippen LogP contribution in [0.25, 0.3) is 0 Å². The van der Waals surface area contributed by atoms with Crippen LogP contribution in [-0.4, -0.2) is 59.4 Å². The molecule has 1 N–H and O–H groups in total. The van der Waals surface area contributed by atoms with Crippen molar-refractivity contribution >= 4 is 15.9 Å². The molecule has 0 saturated carbocycles. The Balaban J connectivity index is 1.48. The second kappa shape index (κ2) is 7.92. The average molecular weight is 434 g/mol. The highest BCUT2D eigenvalue weighted by molar-refractivity contribution is 7.88. The molecular weight excluding hydrogens is 411 g/mol. The van der Waals surface area contributed by atoms with E-state index in [4.69, 9.17) is 0 Å². The van der Waals surface area contributed by atoms with Gasteiger partial charge in [-0.25, -0.2) is 17.8 Å². The van der Waals surface area contributed by atoms with Crippen molar-refractivity contribution in [1.82, 2.24) is 19.2 Å². The van der Waals surface area contributed by atoms with E-state index in [2.05, 4.69) is 9.97 Å². The Labute approximate surface area is 173 Å². The molecule has 4 rings (SSSR count). The maximum absolute atomic E-state index is 13.0. The van der Waals surface area contributed by atoms with Crippen LogP contribution >= 0.6 is 0 Å². The number of amides is 1. The van der Waals surface area contributed by atoms with E-state index < -0.39 is 10.0 Å². The molecule has 30 heavy (non-hydrogen) atoms. The van der Waals surface area contributed by atoms with E-state index >= 15 is 0 Å². The van der Waals surface area contributed by atoms with Crippen molar-refractivity contribution in [2.24, 2.45) is 0 Å². The van der Waals surface area contributed by atoms with Gasteiger partial charge in [-0.15, -0.1) is 0 Å².